The van der Waals surface area contributed by atoms with Crippen LogP contribution >= 0.6 is 0 Å². The van der Waals surface area contributed by atoms with Crippen molar-refractivity contribution in [2.45, 2.75) is 45.4 Å². The van der Waals surface area contributed by atoms with Gasteiger partial charge in [0.25, 0.3) is 0 Å². The Morgan fingerprint density at radius 1 is 1.17 bits per heavy atom. The molecule has 3 N–H and O–H groups in total. The molecule has 4 nitrogen and oxygen atoms in total. The zero-order chi connectivity index (χ0) is 13.6. The van der Waals surface area contributed by atoms with Gasteiger partial charge in [-0.15, -0.1) is 0 Å². The summed E-state index contributed by atoms with van der Waals surface area (Å²) in [6.07, 6.45) is 0. The highest BCUT2D eigenvalue weighted by atomic mass is 16.7. The first-order chi connectivity index (χ1) is 8.27. The van der Waals surface area contributed by atoms with Gasteiger partial charge in [0.15, 0.2) is 0 Å². The Labute approximate surface area is 108 Å². The fourth-order valence-electron chi connectivity index (χ4n) is 1.88. The average Bonchev–Trinajstić information content (AvgIpc) is 2.48. The normalized spacial score (nSPS) is 21.3. The van der Waals surface area contributed by atoms with E-state index in [4.69, 9.17) is 15.0 Å². The summed E-state index contributed by atoms with van der Waals surface area (Å²) in [5.41, 5.74) is 6.29. The second-order valence-corrected chi connectivity index (χ2v) is 5.68. The first-order valence-corrected chi connectivity index (χ1v) is 6.14. The molecular formula is C13H20BNO3. The molecule has 1 aromatic rings. The van der Waals surface area contributed by atoms with E-state index in [0.29, 0.717) is 6.54 Å². The van der Waals surface area contributed by atoms with Crippen molar-refractivity contribution in [3.05, 3.63) is 23.8 Å². The smallest absolute Gasteiger partial charge is 0.494 e. The van der Waals surface area contributed by atoms with Crippen molar-refractivity contribution in [2.75, 3.05) is 0 Å². The summed E-state index contributed by atoms with van der Waals surface area (Å²) in [6, 6.07) is 5.34. The third-order valence-electron chi connectivity index (χ3n) is 3.85. The number of phenolic OH excluding ortho intramolecular Hbond substituents is 1. The van der Waals surface area contributed by atoms with E-state index in [1.165, 1.54) is 0 Å². The fourth-order valence-corrected chi connectivity index (χ4v) is 1.88. The van der Waals surface area contributed by atoms with Crippen LogP contribution in [0.2, 0.25) is 0 Å². The minimum Gasteiger partial charge on any atom is -0.508 e. The Morgan fingerprint density at radius 3 is 2.17 bits per heavy atom. The number of benzene rings is 1. The van der Waals surface area contributed by atoms with Crippen molar-refractivity contribution in [1.29, 1.82) is 0 Å². The molecule has 0 unspecified atom stereocenters. The van der Waals surface area contributed by atoms with Crippen LogP contribution in [0, 0.1) is 0 Å². The summed E-state index contributed by atoms with van der Waals surface area (Å²) in [5, 5.41) is 9.82. The molecule has 1 saturated heterocycles. The topological polar surface area (TPSA) is 64.7 Å². The summed E-state index contributed by atoms with van der Waals surface area (Å²) >= 11 is 0. The molecule has 2 rings (SSSR count). The van der Waals surface area contributed by atoms with Crippen LogP contribution in [0.25, 0.3) is 0 Å². The second kappa shape index (κ2) is 4.26. The van der Waals surface area contributed by atoms with Crippen molar-refractivity contribution >= 4 is 12.6 Å². The van der Waals surface area contributed by atoms with E-state index in [-0.39, 0.29) is 17.0 Å². The number of rotatable bonds is 2. The Kier molecular flexibility index (Phi) is 3.17. The van der Waals surface area contributed by atoms with Crippen LogP contribution in [0.3, 0.4) is 0 Å². The Morgan fingerprint density at radius 2 is 1.72 bits per heavy atom. The molecule has 0 bridgehead atoms. The average molecular weight is 249 g/mol. The van der Waals surface area contributed by atoms with Crippen molar-refractivity contribution in [1.82, 2.24) is 0 Å². The molecule has 98 valence electrons. The summed E-state index contributed by atoms with van der Waals surface area (Å²) in [7, 11) is -0.451. The minimum atomic E-state index is -0.451. The molecule has 1 aromatic carbocycles. The van der Waals surface area contributed by atoms with Crippen LogP contribution in [0.4, 0.5) is 0 Å². The van der Waals surface area contributed by atoms with Gasteiger partial charge in [0.05, 0.1) is 11.2 Å². The molecule has 0 amide bonds. The van der Waals surface area contributed by atoms with Crippen LogP contribution in [0.1, 0.15) is 33.3 Å². The lowest BCUT2D eigenvalue weighted by atomic mass is 9.78. The number of aromatic hydroxyl groups is 1. The summed E-state index contributed by atoms with van der Waals surface area (Å²) in [6.45, 7) is 8.32. The van der Waals surface area contributed by atoms with E-state index in [1.807, 2.05) is 33.8 Å². The van der Waals surface area contributed by atoms with Crippen molar-refractivity contribution < 1.29 is 14.4 Å². The second-order valence-electron chi connectivity index (χ2n) is 5.68. The van der Waals surface area contributed by atoms with E-state index in [0.717, 1.165) is 11.0 Å². The predicted octanol–water partition coefficient (Wildman–Crippen LogP) is 1.15. The zero-order valence-corrected chi connectivity index (χ0v) is 11.4. The van der Waals surface area contributed by atoms with E-state index >= 15 is 0 Å². The van der Waals surface area contributed by atoms with Gasteiger partial charge in [0.1, 0.15) is 5.75 Å². The Bertz CT molecular complexity index is 444. The largest absolute Gasteiger partial charge is 0.508 e. The highest BCUT2D eigenvalue weighted by Crippen LogP contribution is 2.36. The Balaban J connectivity index is 2.27. The third kappa shape index (κ3) is 2.14. The lowest BCUT2D eigenvalue weighted by Crippen LogP contribution is -2.41. The van der Waals surface area contributed by atoms with Crippen molar-refractivity contribution in [3.8, 4) is 5.75 Å². The molecule has 1 fully saturated rings. The predicted molar refractivity (Wildman–Crippen MR) is 71.7 cm³/mol. The van der Waals surface area contributed by atoms with Crippen LogP contribution < -0.4 is 11.2 Å². The van der Waals surface area contributed by atoms with Crippen LogP contribution in [-0.2, 0) is 15.9 Å². The van der Waals surface area contributed by atoms with E-state index < -0.39 is 7.12 Å². The van der Waals surface area contributed by atoms with Gasteiger partial charge in [0.2, 0.25) is 0 Å². The van der Waals surface area contributed by atoms with Gasteiger partial charge < -0.3 is 20.1 Å². The van der Waals surface area contributed by atoms with E-state index in [1.54, 1.807) is 12.1 Å². The highest BCUT2D eigenvalue weighted by molar-refractivity contribution is 6.62. The summed E-state index contributed by atoms with van der Waals surface area (Å²) in [5.74, 6) is 0.185. The molecule has 18 heavy (non-hydrogen) atoms. The maximum atomic E-state index is 9.82. The molecule has 5 heteroatoms. The SMILES string of the molecule is CC1(C)OB(c2ccc(CN)c(O)c2)OC1(C)C. The first-order valence-electron chi connectivity index (χ1n) is 6.14. The van der Waals surface area contributed by atoms with Crippen LogP contribution in [0.5, 0.6) is 5.75 Å². The van der Waals surface area contributed by atoms with Crippen LogP contribution in [-0.4, -0.2) is 23.4 Å². The quantitative estimate of drug-likeness (QED) is 0.771. The standard InChI is InChI=1S/C13H20BNO3/c1-12(2)13(3,4)18-14(17-12)10-6-5-9(8-15)11(16)7-10/h5-7,16H,8,15H2,1-4H3. The third-order valence-corrected chi connectivity index (χ3v) is 3.85. The highest BCUT2D eigenvalue weighted by Gasteiger charge is 2.51. The maximum absolute atomic E-state index is 9.82. The van der Waals surface area contributed by atoms with Gasteiger partial charge in [-0.2, -0.15) is 0 Å². The molecule has 0 aliphatic carbocycles. The Hall–Kier alpha value is -1.04. The van der Waals surface area contributed by atoms with Gasteiger partial charge >= 0.3 is 7.12 Å². The molecular weight excluding hydrogens is 229 g/mol. The monoisotopic (exact) mass is 249 g/mol. The maximum Gasteiger partial charge on any atom is 0.494 e. The fraction of sp³-hybridized carbons (Fsp3) is 0.538. The summed E-state index contributed by atoms with van der Waals surface area (Å²) < 4.78 is 11.8. The van der Waals surface area contributed by atoms with Crippen molar-refractivity contribution in [2.24, 2.45) is 5.73 Å². The molecule has 0 spiro atoms. The lowest BCUT2D eigenvalue weighted by Gasteiger charge is -2.32. The van der Waals surface area contributed by atoms with E-state index in [9.17, 15) is 5.11 Å². The van der Waals surface area contributed by atoms with Gasteiger partial charge in [-0.05, 0) is 39.2 Å². The molecule has 1 aliphatic rings. The molecule has 0 saturated carbocycles. The van der Waals surface area contributed by atoms with E-state index in [2.05, 4.69) is 0 Å². The molecule has 1 aliphatic heterocycles. The zero-order valence-electron chi connectivity index (χ0n) is 11.4. The lowest BCUT2D eigenvalue weighted by molar-refractivity contribution is 0.00578. The first kappa shape index (κ1) is 13.4. The molecule has 1 heterocycles. The van der Waals surface area contributed by atoms with Gasteiger partial charge in [-0.1, -0.05) is 12.1 Å². The van der Waals surface area contributed by atoms with Crippen molar-refractivity contribution in [3.63, 3.8) is 0 Å². The van der Waals surface area contributed by atoms with Gasteiger partial charge in [-0.3, -0.25) is 0 Å². The molecule has 0 radical (unpaired) electrons. The van der Waals surface area contributed by atoms with Gasteiger partial charge in [-0.25, -0.2) is 0 Å². The summed E-state index contributed by atoms with van der Waals surface area (Å²) in [4.78, 5) is 0. The van der Waals surface area contributed by atoms with Crippen LogP contribution in [0.15, 0.2) is 18.2 Å². The molecule has 0 atom stereocenters. The number of nitrogens with two attached hydrogens (primary N) is 1. The minimum absolute atomic E-state index is 0.185. The number of hydrogen-bond donors (Lipinski definition) is 2. The molecule has 0 aromatic heterocycles. The van der Waals surface area contributed by atoms with Gasteiger partial charge in [0, 0.05) is 12.1 Å². The number of phenols is 1. The number of hydrogen-bond acceptors (Lipinski definition) is 4.